The largest absolute Gasteiger partial charge is 0.494 e. The van der Waals surface area contributed by atoms with Gasteiger partial charge in [0.25, 0.3) is 11.6 Å². The second-order valence-electron chi connectivity index (χ2n) is 6.41. The number of nitro benzene ring substituents is 1. The van der Waals surface area contributed by atoms with Crippen LogP contribution in [0.15, 0.2) is 54.1 Å². The maximum absolute atomic E-state index is 12.3. The highest BCUT2D eigenvalue weighted by Crippen LogP contribution is 2.19. The number of hydrogen-bond acceptors (Lipinski definition) is 5. The average Bonchev–Trinajstić information content (AvgIpc) is 2.73. The number of carbonyl (C=O) groups is 1. The molecule has 2 aromatic rings. The molecule has 150 valence electrons. The van der Waals surface area contributed by atoms with Crippen molar-refractivity contribution in [2.75, 3.05) is 11.9 Å². The summed E-state index contributed by atoms with van der Waals surface area (Å²) in [6.45, 7) is 2.82. The Bertz CT molecular complexity index is 914. The van der Waals surface area contributed by atoms with Crippen molar-refractivity contribution in [2.45, 2.75) is 32.6 Å². The number of carbonyl (C=O) groups excluding carboxylic acids is 1. The fourth-order valence-electron chi connectivity index (χ4n) is 2.59. The van der Waals surface area contributed by atoms with Crippen molar-refractivity contribution in [3.05, 3.63) is 69.8 Å². The molecule has 2 rings (SSSR count). The molecule has 0 saturated heterocycles. The van der Waals surface area contributed by atoms with Crippen LogP contribution in [-0.2, 0) is 4.79 Å². The lowest BCUT2D eigenvalue weighted by Gasteiger charge is -2.06. The van der Waals surface area contributed by atoms with Gasteiger partial charge in [-0.2, -0.15) is 5.26 Å². The SMILES string of the molecule is CCCCCCOc1ccc(/C=C(/C#N)C(=O)Nc2cccc([N+](=O)[O-])c2)cc1. The Labute approximate surface area is 169 Å². The molecule has 0 spiro atoms. The van der Waals surface area contributed by atoms with Gasteiger partial charge in [0.15, 0.2) is 0 Å². The zero-order valence-corrected chi connectivity index (χ0v) is 16.3. The molecule has 0 aromatic heterocycles. The maximum atomic E-state index is 12.3. The second kappa shape index (κ2) is 11.2. The smallest absolute Gasteiger partial charge is 0.271 e. The van der Waals surface area contributed by atoms with Crippen LogP contribution >= 0.6 is 0 Å². The van der Waals surface area contributed by atoms with Gasteiger partial charge in [-0.3, -0.25) is 14.9 Å². The topological polar surface area (TPSA) is 105 Å². The lowest BCUT2D eigenvalue weighted by molar-refractivity contribution is -0.384. The predicted molar refractivity (Wildman–Crippen MR) is 111 cm³/mol. The van der Waals surface area contributed by atoms with E-state index >= 15 is 0 Å². The van der Waals surface area contributed by atoms with E-state index in [2.05, 4.69) is 12.2 Å². The number of nitrogens with zero attached hydrogens (tertiary/aromatic N) is 2. The van der Waals surface area contributed by atoms with Crippen molar-refractivity contribution in [3.63, 3.8) is 0 Å². The molecule has 0 aliphatic heterocycles. The number of benzene rings is 2. The number of nitro groups is 1. The quantitative estimate of drug-likeness (QED) is 0.199. The summed E-state index contributed by atoms with van der Waals surface area (Å²) in [5.41, 5.74) is 0.673. The number of hydrogen-bond donors (Lipinski definition) is 1. The van der Waals surface area contributed by atoms with Crippen LogP contribution in [0.2, 0.25) is 0 Å². The van der Waals surface area contributed by atoms with Crippen molar-refractivity contribution in [3.8, 4) is 11.8 Å². The van der Waals surface area contributed by atoms with Crippen LogP contribution in [0, 0.1) is 21.4 Å². The van der Waals surface area contributed by atoms with Crippen molar-refractivity contribution in [2.24, 2.45) is 0 Å². The van der Waals surface area contributed by atoms with E-state index in [4.69, 9.17) is 4.74 Å². The molecule has 0 atom stereocenters. The van der Waals surface area contributed by atoms with Crippen molar-refractivity contribution in [1.82, 2.24) is 0 Å². The minimum Gasteiger partial charge on any atom is -0.494 e. The highest BCUT2D eigenvalue weighted by Gasteiger charge is 2.12. The standard InChI is InChI=1S/C22H23N3O4/c1-2-3-4-5-13-29-21-11-9-17(10-12-21)14-18(16-23)22(26)24-19-7-6-8-20(15-19)25(27)28/h6-12,14-15H,2-5,13H2,1H3,(H,24,26)/b18-14-. The molecule has 0 unspecified atom stereocenters. The van der Waals surface area contributed by atoms with Crippen LogP contribution in [-0.4, -0.2) is 17.4 Å². The van der Waals surface area contributed by atoms with E-state index in [-0.39, 0.29) is 16.9 Å². The molecular weight excluding hydrogens is 370 g/mol. The van der Waals surface area contributed by atoms with Crippen LogP contribution in [0.3, 0.4) is 0 Å². The summed E-state index contributed by atoms with van der Waals surface area (Å²) in [4.78, 5) is 22.6. The Kier molecular flexibility index (Phi) is 8.39. The number of anilines is 1. The summed E-state index contributed by atoms with van der Waals surface area (Å²) >= 11 is 0. The highest BCUT2D eigenvalue weighted by atomic mass is 16.6. The molecule has 0 saturated carbocycles. The van der Waals surface area contributed by atoms with E-state index in [1.54, 1.807) is 24.3 Å². The van der Waals surface area contributed by atoms with Crippen molar-refractivity contribution < 1.29 is 14.5 Å². The van der Waals surface area contributed by atoms with Crippen molar-refractivity contribution in [1.29, 1.82) is 5.26 Å². The molecule has 29 heavy (non-hydrogen) atoms. The first-order chi connectivity index (χ1) is 14.0. The van der Waals surface area contributed by atoms with Crippen LogP contribution in [0.5, 0.6) is 5.75 Å². The third-order valence-corrected chi connectivity index (χ3v) is 4.14. The summed E-state index contributed by atoms with van der Waals surface area (Å²) in [7, 11) is 0. The zero-order valence-electron chi connectivity index (χ0n) is 16.3. The molecule has 0 heterocycles. The molecule has 0 aliphatic rings. The monoisotopic (exact) mass is 393 g/mol. The first kappa shape index (κ1) is 21.6. The van der Waals surface area contributed by atoms with Gasteiger partial charge in [0.2, 0.25) is 0 Å². The average molecular weight is 393 g/mol. The minimum absolute atomic E-state index is 0.107. The first-order valence-electron chi connectivity index (χ1n) is 9.44. The first-order valence-corrected chi connectivity index (χ1v) is 9.44. The van der Waals surface area contributed by atoms with E-state index < -0.39 is 10.8 Å². The van der Waals surface area contributed by atoms with Gasteiger partial charge in [-0.05, 0) is 36.3 Å². The van der Waals surface area contributed by atoms with Gasteiger partial charge in [0.05, 0.1) is 11.5 Å². The van der Waals surface area contributed by atoms with Gasteiger partial charge in [0.1, 0.15) is 17.4 Å². The number of nitrogens with one attached hydrogen (secondary N) is 1. The number of amides is 1. The van der Waals surface area contributed by atoms with Crippen LogP contribution in [0.25, 0.3) is 6.08 Å². The molecular formula is C22H23N3O4. The fraction of sp³-hybridized carbons (Fsp3) is 0.273. The molecule has 2 aromatic carbocycles. The van der Waals surface area contributed by atoms with E-state index in [1.807, 2.05) is 6.07 Å². The number of unbranched alkanes of at least 4 members (excludes halogenated alkanes) is 3. The van der Waals surface area contributed by atoms with E-state index in [0.29, 0.717) is 12.2 Å². The summed E-state index contributed by atoms with van der Waals surface area (Å²) in [6, 6.07) is 14.5. The third-order valence-electron chi connectivity index (χ3n) is 4.14. The van der Waals surface area contributed by atoms with Gasteiger partial charge < -0.3 is 10.1 Å². The second-order valence-corrected chi connectivity index (χ2v) is 6.41. The molecule has 0 aliphatic carbocycles. The van der Waals surface area contributed by atoms with Crippen LogP contribution < -0.4 is 10.1 Å². The van der Waals surface area contributed by atoms with Gasteiger partial charge in [-0.25, -0.2) is 0 Å². The van der Waals surface area contributed by atoms with Gasteiger partial charge in [-0.15, -0.1) is 0 Å². The molecule has 7 nitrogen and oxygen atoms in total. The summed E-state index contributed by atoms with van der Waals surface area (Å²) in [6.07, 6.45) is 5.98. The normalized spacial score (nSPS) is 10.8. The Hall–Kier alpha value is -3.66. The fourth-order valence-corrected chi connectivity index (χ4v) is 2.59. The van der Waals surface area contributed by atoms with Crippen molar-refractivity contribution >= 4 is 23.4 Å². The molecule has 0 bridgehead atoms. The summed E-state index contributed by atoms with van der Waals surface area (Å²) < 4.78 is 5.68. The van der Waals surface area contributed by atoms with Crippen LogP contribution in [0.1, 0.15) is 38.2 Å². The predicted octanol–water partition coefficient (Wildman–Crippen LogP) is 5.10. The Morgan fingerprint density at radius 2 is 1.97 bits per heavy atom. The molecule has 0 fully saturated rings. The van der Waals surface area contributed by atoms with E-state index in [0.717, 1.165) is 18.6 Å². The zero-order chi connectivity index (χ0) is 21.1. The van der Waals surface area contributed by atoms with Gasteiger partial charge >= 0.3 is 0 Å². The van der Waals surface area contributed by atoms with E-state index in [9.17, 15) is 20.2 Å². The Morgan fingerprint density at radius 1 is 1.21 bits per heavy atom. The van der Waals surface area contributed by atoms with Gasteiger partial charge in [0, 0.05) is 17.8 Å². The number of nitriles is 1. The third kappa shape index (κ3) is 7.11. The molecule has 7 heteroatoms. The highest BCUT2D eigenvalue weighted by molar-refractivity contribution is 6.09. The lowest BCUT2D eigenvalue weighted by atomic mass is 10.1. The molecule has 1 amide bonds. The molecule has 0 radical (unpaired) electrons. The van der Waals surface area contributed by atoms with Crippen LogP contribution in [0.4, 0.5) is 11.4 Å². The lowest BCUT2D eigenvalue weighted by Crippen LogP contribution is -2.13. The number of ether oxygens (including phenoxy) is 1. The summed E-state index contributed by atoms with van der Waals surface area (Å²) in [5.74, 6) is 0.0995. The Morgan fingerprint density at radius 3 is 2.62 bits per heavy atom. The number of non-ortho nitro benzene ring substituents is 1. The molecule has 1 N–H and O–H groups in total. The maximum Gasteiger partial charge on any atom is 0.271 e. The van der Waals surface area contributed by atoms with E-state index in [1.165, 1.54) is 43.2 Å². The Balaban J connectivity index is 1.99. The number of rotatable bonds is 10. The minimum atomic E-state index is -0.635. The van der Waals surface area contributed by atoms with Gasteiger partial charge in [-0.1, -0.05) is 44.4 Å². The summed E-state index contributed by atoms with van der Waals surface area (Å²) in [5, 5.41) is 22.6.